The van der Waals surface area contributed by atoms with E-state index in [1.807, 2.05) is 0 Å². The first-order valence-corrected chi connectivity index (χ1v) is 11.2. The van der Waals surface area contributed by atoms with Crippen LogP contribution >= 0.6 is 0 Å². The van der Waals surface area contributed by atoms with Crippen LogP contribution in [0.25, 0.3) is 21.5 Å². The molecule has 0 saturated heterocycles. The largest absolute Gasteiger partial charge is 0.245 e. The van der Waals surface area contributed by atoms with Gasteiger partial charge in [-0.1, -0.05) is 72.8 Å². The second-order valence-corrected chi connectivity index (χ2v) is 9.99. The second kappa shape index (κ2) is 6.74. The van der Waals surface area contributed by atoms with E-state index in [0.717, 1.165) is 0 Å². The van der Waals surface area contributed by atoms with E-state index >= 15 is 0 Å². The summed E-state index contributed by atoms with van der Waals surface area (Å²) in [6, 6.07) is 22.9. The van der Waals surface area contributed by atoms with Gasteiger partial charge in [-0.3, -0.25) is 0 Å². The summed E-state index contributed by atoms with van der Waals surface area (Å²) in [5.41, 5.74) is 0. The highest BCUT2D eigenvalue weighted by atomic mass is 32.3. The minimum Gasteiger partial charge on any atom is -0.207 e. The summed E-state index contributed by atoms with van der Waals surface area (Å²) in [5, 5.41) is 2.13. The first kappa shape index (κ1) is 18.7. The maximum absolute atomic E-state index is 13.1. The van der Waals surface area contributed by atoms with Crippen LogP contribution in [0.1, 0.15) is 0 Å². The summed E-state index contributed by atoms with van der Waals surface area (Å²) in [5.74, 6) is 0. The lowest BCUT2D eigenvalue weighted by atomic mass is 10.1. The zero-order chi connectivity index (χ0) is 19.9. The van der Waals surface area contributed by atoms with Crippen molar-refractivity contribution in [3.05, 3.63) is 84.9 Å². The Morgan fingerprint density at radius 2 is 0.893 bits per heavy atom. The Bertz CT molecular complexity index is 1300. The van der Waals surface area contributed by atoms with Crippen molar-refractivity contribution in [2.24, 2.45) is 0 Å². The van der Waals surface area contributed by atoms with Crippen LogP contribution in [-0.2, 0) is 20.0 Å². The van der Waals surface area contributed by atoms with Crippen molar-refractivity contribution in [3.8, 4) is 0 Å². The lowest BCUT2D eigenvalue weighted by molar-refractivity contribution is 0.553. The maximum Gasteiger partial charge on any atom is 0.245 e. The van der Waals surface area contributed by atoms with Gasteiger partial charge in [-0.25, -0.2) is 16.8 Å². The lowest BCUT2D eigenvalue weighted by Gasteiger charge is -2.20. The van der Waals surface area contributed by atoms with Gasteiger partial charge in [-0.2, -0.15) is 0 Å². The number of sulfonamides is 2. The molecule has 28 heavy (non-hydrogen) atoms. The molecule has 4 rings (SSSR count). The smallest absolute Gasteiger partial charge is 0.207 e. The summed E-state index contributed by atoms with van der Waals surface area (Å²) in [7, 11) is -3.30. The predicted octanol–water partition coefficient (Wildman–Crippen LogP) is 3.46. The van der Waals surface area contributed by atoms with Gasteiger partial charge in [0.05, 0.1) is 9.79 Å². The van der Waals surface area contributed by atoms with E-state index in [-0.39, 0.29) is 13.4 Å². The van der Waals surface area contributed by atoms with Crippen LogP contribution in [0.2, 0.25) is 0 Å². The van der Waals surface area contributed by atoms with Crippen molar-refractivity contribution in [1.29, 1.82) is 0 Å². The first-order valence-electron chi connectivity index (χ1n) is 8.34. The molecule has 8 heteroatoms. The van der Waals surface area contributed by atoms with Crippen molar-refractivity contribution >= 4 is 49.6 Å². The van der Waals surface area contributed by atoms with Gasteiger partial charge in [0.15, 0.2) is 0 Å². The van der Waals surface area contributed by atoms with Crippen LogP contribution < -0.4 is 0 Å². The third-order valence-electron chi connectivity index (χ3n) is 4.53. The maximum atomic E-state index is 13.1. The first-order chi connectivity index (χ1) is 13.3. The Balaban J connectivity index is 1.91. The third kappa shape index (κ3) is 2.90. The fourth-order valence-electron chi connectivity index (χ4n) is 3.16. The Morgan fingerprint density at radius 3 is 1.32 bits per heavy atom. The normalized spacial score (nSPS) is 12.6. The standard InChI is InChI=1S/C20H14BNO4S2/c21-22(27(23,24)19-13-5-9-15-7-1-3-11-17(15)19)28(25,26)20-14-6-10-16-8-2-4-12-18(16)20/h1-14H. The van der Waals surface area contributed by atoms with E-state index in [1.165, 1.54) is 12.1 Å². The van der Waals surface area contributed by atoms with E-state index in [4.69, 9.17) is 7.98 Å². The molecule has 0 spiro atoms. The van der Waals surface area contributed by atoms with Crippen molar-refractivity contribution < 1.29 is 16.8 Å². The van der Waals surface area contributed by atoms with E-state index in [2.05, 4.69) is 0 Å². The van der Waals surface area contributed by atoms with Gasteiger partial charge >= 0.3 is 0 Å². The molecule has 4 aromatic carbocycles. The highest BCUT2D eigenvalue weighted by Crippen LogP contribution is 2.30. The van der Waals surface area contributed by atoms with Crippen molar-refractivity contribution in [2.75, 3.05) is 0 Å². The zero-order valence-corrected chi connectivity index (χ0v) is 16.2. The number of rotatable bonds is 4. The fourth-order valence-corrected chi connectivity index (χ4v) is 6.50. The van der Waals surface area contributed by atoms with Gasteiger partial charge in [-0.15, -0.1) is 3.62 Å². The van der Waals surface area contributed by atoms with E-state index in [1.54, 1.807) is 72.8 Å². The average Bonchev–Trinajstić information content (AvgIpc) is 2.72. The average molecular weight is 407 g/mol. The molecule has 0 unspecified atom stereocenters. The SMILES string of the molecule is [B]N(S(=O)(=O)c1cccc2ccccc12)S(=O)(=O)c1cccc2ccccc12. The monoisotopic (exact) mass is 407 g/mol. The van der Waals surface area contributed by atoms with Gasteiger partial charge < -0.3 is 0 Å². The van der Waals surface area contributed by atoms with Crippen molar-refractivity contribution in [2.45, 2.75) is 9.79 Å². The molecule has 5 nitrogen and oxygen atoms in total. The number of hydrogen-bond donors (Lipinski definition) is 0. The topological polar surface area (TPSA) is 71.5 Å². The molecule has 0 heterocycles. The lowest BCUT2D eigenvalue weighted by Crippen LogP contribution is -2.34. The molecular weight excluding hydrogens is 393 g/mol. The number of nitrogens with zero attached hydrogens (tertiary/aromatic N) is 1. The van der Waals surface area contributed by atoms with Gasteiger partial charge in [0.25, 0.3) is 0 Å². The molecule has 0 N–H and O–H groups in total. The van der Waals surface area contributed by atoms with Crippen LogP contribution in [0.15, 0.2) is 94.7 Å². The number of benzene rings is 4. The fraction of sp³-hybridized carbons (Fsp3) is 0. The summed E-state index contributed by atoms with van der Waals surface area (Å²) in [6.45, 7) is 0. The minimum absolute atomic E-state index is 0.0381. The molecule has 0 aliphatic rings. The Hall–Kier alpha value is -2.68. The number of fused-ring (bicyclic) bond motifs is 2. The van der Waals surface area contributed by atoms with Crippen LogP contribution in [-0.4, -0.2) is 28.4 Å². The Kier molecular flexibility index (Phi) is 4.49. The summed E-state index contributed by atoms with van der Waals surface area (Å²) in [6.07, 6.45) is 0. The molecule has 0 bridgehead atoms. The van der Waals surface area contributed by atoms with Gasteiger partial charge in [0.2, 0.25) is 28.0 Å². The van der Waals surface area contributed by atoms with Gasteiger partial charge in [-0.05, 0) is 22.9 Å². The molecule has 4 aromatic rings. The quantitative estimate of drug-likeness (QED) is 0.486. The van der Waals surface area contributed by atoms with E-state index in [0.29, 0.717) is 21.5 Å². The molecule has 0 atom stereocenters. The predicted molar refractivity (Wildman–Crippen MR) is 110 cm³/mol. The summed E-state index contributed by atoms with van der Waals surface area (Å²) >= 11 is 0. The van der Waals surface area contributed by atoms with Crippen LogP contribution in [0.5, 0.6) is 0 Å². The highest BCUT2D eigenvalue weighted by Gasteiger charge is 2.34. The van der Waals surface area contributed by atoms with Crippen molar-refractivity contribution in [1.82, 2.24) is 3.62 Å². The number of hydrogen-bond acceptors (Lipinski definition) is 4. The Morgan fingerprint density at radius 1 is 0.536 bits per heavy atom. The van der Waals surface area contributed by atoms with Crippen LogP contribution in [0.3, 0.4) is 0 Å². The molecule has 0 fully saturated rings. The summed E-state index contributed by atoms with van der Waals surface area (Å²) in [4.78, 5) is -0.339. The molecule has 138 valence electrons. The molecule has 0 aliphatic carbocycles. The van der Waals surface area contributed by atoms with E-state index < -0.39 is 20.0 Å². The van der Waals surface area contributed by atoms with E-state index in [9.17, 15) is 16.8 Å². The second-order valence-electron chi connectivity index (χ2n) is 6.19. The molecular formula is C20H14BNO4S2. The Labute approximate surface area is 164 Å². The van der Waals surface area contributed by atoms with Gasteiger partial charge in [0.1, 0.15) is 0 Å². The minimum atomic E-state index is -4.52. The highest BCUT2D eigenvalue weighted by molar-refractivity contribution is 8.05. The molecule has 0 saturated carbocycles. The van der Waals surface area contributed by atoms with Crippen molar-refractivity contribution in [3.63, 3.8) is 0 Å². The molecule has 0 aliphatic heterocycles. The van der Waals surface area contributed by atoms with Gasteiger partial charge in [0, 0.05) is 10.8 Å². The van der Waals surface area contributed by atoms with Crippen LogP contribution in [0, 0.1) is 0 Å². The molecule has 0 amide bonds. The molecule has 0 aromatic heterocycles. The van der Waals surface area contributed by atoms with Crippen LogP contribution in [0.4, 0.5) is 0 Å². The summed E-state index contributed by atoms with van der Waals surface area (Å²) < 4.78 is 52.5. The third-order valence-corrected chi connectivity index (χ3v) is 8.48. The molecule has 2 radical (unpaired) electrons. The zero-order valence-electron chi connectivity index (χ0n) is 14.6.